The fraction of sp³-hybridized carbons (Fsp3) is 0.889. The largest absolute Gasteiger partial charge is 0.317 e. The van der Waals surface area contributed by atoms with Crippen molar-refractivity contribution >= 4 is 5.78 Å². The fourth-order valence-electron chi connectivity index (χ4n) is 0.889. The second-order valence-electron chi connectivity index (χ2n) is 2.91. The number of rotatable bonds is 7. The van der Waals surface area contributed by atoms with E-state index in [1.54, 1.807) is 6.92 Å². The van der Waals surface area contributed by atoms with Gasteiger partial charge in [-0.2, -0.15) is 0 Å². The normalized spacial score (nSPS) is 10.0. The van der Waals surface area contributed by atoms with Crippen LogP contribution in [0.3, 0.4) is 0 Å². The summed E-state index contributed by atoms with van der Waals surface area (Å²) >= 11 is 0. The summed E-state index contributed by atoms with van der Waals surface area (Å²) in [5.41, 5.74) is 0. The van der Waals surface area contributed by atoms with E-state index < -0.39 is 0 Å². The summed E-state index contributed by atoms with van der Waals surface area (Å²) in [4.78, 5) is 10.5. The van der Waals surface area contributed by atoms with Crippen LogP contribution in [-0.4, -0.2) is 18.9 Å². The highest BCUT2D eigenvalue weighted by Gasteiger charge is 1.91. The van der Waals surface area contributed by atoms with Crippen molar-refractivity contribution in [1.29, 1.82) is 0 Å². The molecule has 0 aromatic heterocycles. The van der Waals surface area contributed by atoms with Crippen molar-refractivity contribution in [2.24, 2.45) is 0 Å². The van der Waals surface area contributed by atoms with Crippen LogP contribution >= 0.6 is 0 Å². The first-order chi connectivity index (χ1) is 5.27. The van der Waals surface area contributed by atoms with Gasteiger partial charge in [0.15, 0.2) is 0 Å². The van der Waals surface area contributed by atoms with E-state index in [4.69, 9.17) is 0 Å². The Hall–Kier alpha value is -0.370. The number of hydrogen-bond acceptors (Lipinski definition) is 2. The Morgan fingerprint density at radius 1 is 1.27 bits per heavy atom. The lowest BCUT2D eigenvalue weighted by atomic mass is 10.2. The van der Waals surface area contributed by atoms with E-state index in [1.807, 2.05) is 0 Å². The van der Waals surface area contributed by atoms with E-state index in [2.05, 4.69) is 12.2 Å². The maximum atomic E-state index is 10.5. The van der Waals surface area contributed by atoms with Gasteiger partial charge in [-0.05, 0) is 32.9 Å². The summed E-state index contributed by atoms with van der Waals surface area (Å²) in [6, 6.07) is 0. The summed E-state index contributed by atoms with van der Waals surface area (Å²) in [5, 5.41) is 3.29. The lowest BCUT2D eigenvalue weighted by Crippen LogP contribution is -2.16. The fourth-order valence-corrected chi connectivity index (χ4v) is 0.889. The van der Waals surface area contributed by atoms with Crippen molar-refractivity contribution in [2.45, 2.75) is 39.5 Å². The molecule has 0 spiro atoms. The standard InChI is InChI=1S/C9H19NO/c1-3-4-7-10-8-5-6-9(2)11/h10H,3-8H2,1-2H3. The minimum Gasteiger partial charge on any atom is -0.317 e. The van der Waals surface area contributed by atoms with Gasteiger partial charge in [-0.1, -0.05) is 13.3 Å². The zero-order chi connectivity index (χ0) is 8.53. The molecular formula is C9H19NO. The Kier molecular flexibility index (Phi) is 7.47. The molecule has 11 heavy (non-hydrogen) atoms. The second kappa shape index (κ2) is 7.73. The van der Waals surface area contributed by atoms with Crippen molar-refractivity contribution < 1.29 is 4.79 Å². The highest BCUT2D eigenvalue weighted by Crippen LogP contribution is 1.88. The third-order valence-electron chi connectivity index (χ3n) is 1.59. The van der Waals surface area contributed by atoms with Gasteiger partial charge in [0.25, 0.3) is 0 Å². The van der Waals surface area contributed by atoms with E-state index in [-0.39, 0.29) is 0 Å². The molecule has 0 aliphatic heterocycles. The lowest BCUT2D eigenvalue weighted by molar-refractivity contribution is -0.117. The SMILES string of the molecule is CCCCNCCCC(C)=O. The third-order valence-corrected chi connectivity index (χ3v) is 1.59. The molecule has 0 fully saturated rings. The number of carbonyl (C=O) groups excluding carboxylic acids is 1. The van der Waals surface area contributed by atoms with Crippen LogP contribution in [0.4, 0.5) is 0 Å². The molecule has 0 rings (SSSR count). The van der Waals surface area contributed by atoms with Gasteiger partial charge in [-0.3, -0.25) is 0 Å². The summed E-state index contributed by atoms with van der Waals surface area (Å²) in [6.45, 7) is 5.90. The van der Waals surface area contributed by atoms with E-state index in [1.165, 1.54) is 12.8 Å². The number of hydrogen-bond donors (Lipinski definition) is 1. The average molecular weight is 157 g/mol. The van der Waals surface area contributed by atoms with Crippen LogP contribution in [0, 0.1) is 0 Å². The molecule has 0 saturated heterocycles. The molecule has 1 N–H and O–H groups in total. The molecule has 66 valence electrons. The van der Waals surface area contributed by atoms with Crippen LogP contribution in [0.5, 0.6) is 0 Å². The van der Waals surface area contributed by atoms with Crippen LogP contribution in [0.2, 0.25) is 0 Å². The molecule has 0 aromatic rings. The molecule has 0 saturated carbocycles. The van der Waals surface area contributed by atoms with Gasteiger partial charge in [0, 0.05) is 6.42 Å². The van der Waals surface area contributed by atoms with Gasteiger partial charge >= 0.3 is 0 Å². The highest BCUT2D eigenvalue weighted by atomic mass is 16.1. The van der Waals surface area contributed by atoms with Crippen molar-refractivity contribution in [1.82, 2.24) is 5.32 Å². The van der Waals surface area contributed by atoms with Crippen molar-refractivity contribution in [2.75, 3.05) is 13.1 Å². The van der Waals surface area contributed by atoms with Crippen LogP contribution in [0.1, 0.15) is 39.5 Å². The minimum absolute atomic E-state index is 0.294. The van der Waals surface area contributed by atoms with Gasteiger partial charge in [0.05, 0.1) is 0 Å². The van der Waals surface area contributed by atoms with E-state index in [9.17, 15) is 4.79 Å². The van der Waals surface area contributed by atoms with Crippen molar-refractivity contribution in [3.05, 3.63) is 0 Å². The molecule has 0 unspecified atom stereocenters. The summed E-state index contributed by atoms with van der Waals surface area (Å²) in [6.07, 6.45) is 4.18. The molecule has 2 nitrogen and oxygen atoms in total. The number of nitrogens with one attached hydrogen (secondary N) is 1. The quantitative estimate of drug-likeness (QED) is 0.570. The first-order valence-electron chi connectivity index (χ1n) is 4.47. The maximum absolute atomic E-state index is 10.5. The summed E-state index contributed by atoms with van der Waals surface area (Å²) in [7, 11) is 0. The van der Waals surface area contributed by atoms with Crippen molar-refractivity contribution in [3.63, 3.8) is 0 Å². The Morgan fingerprint density at radius 2 is 1.91 bits per heavy atom. The van der Waals surface area contributed by atoms with Crippen LogP contribution in [0.15, 0.2) is 0 Å². The van der Waals surface area contributed by atoms with Crippen LogP contribution in [0.25, 0.3) is 0 Å². The van der Waals surface area contributed by atoms with E-state index >= 15 is 0 Å². The maximum Gasteiger partial charge on any atom is 0.129 e. The predicted molar refractivity (Wildman–Crippen MR) is 47.7 cm³/mol. The number of ketones is 1. The zero-order valence-corrected chi connectivity index (χ0v) is 7.65. The Balaban J connectivity index is 2.85. The van der Waals surface area contributed by atoms with Gasteiger partial charge < -0.3 is 10.1 Å². The zero-order valence-electron chi connectivity index (χ0n) is 7.65. The topological polar surface area (TPSA) is 29.1 Å². The highest BCUT2D eigenvalue weighted by molar-refractivity contribution is 5.75. The molecule has 0 aliphatic carbocycles. The lowest BCUT2D eigenvalue weighted by Gasteiger charge is -2.01. The minimum atomic E-state index is 0.294. The Bertz CT molecular complexity index is 102. The predicted octanol–water partition coefficient (Wildman–Crippen LogP) is 1.75. The summed E-state index contributed by atoms with van der Waals surface area (Å²) < 4.78 is 0. The van der Waals surface area contributed by atoms with Gasteiger partial charge in [-0.15, -0.1) is 0 Å². The second-order valence-corrected chi connectivity index (χ2v) is 2.91. The summed E-state index contributed by atoms with van der Waals surface area (Å²) in [5.74, 6) is 0.294. The number of Topliss-reactive ketones (excluding diaryl/α,β-unsaturated/α-hetero) is 1. The van der Waals surface area contributed by atoms with Gasteiger partial charge in [0.2, 0.25) is 0 Å². The molecule has 0 aliphatic rings. The van der Waals surface area contributed by atoms with Crippen LogP contribution < -0.4 is 5.32 Å². The third kappa shape index (κ3) is 9.63. The smallest absolute Gasteiger partial charge is 0.129 e. The number of carbonyl (C=O) groups is 1. The van der Waals surface area contributed by atoms with E-state index in [0.29, 0.717) is 5.78 Å². The Labute approximate surface area is 69.4 Å². The molecule has 0 heterocycles. The molecule has 0 aromatic carbocycles. The van der Waals surface area contributed by atoms with Crippen LogP contribution in [-0.2, 0) is 4.79 Å². The van der Waals surface area contributed by atoms with E-state index in [0.717, 1.165) is 25.9 Å². The Morgan fingerprint density at radius 3 is 2.45 bits per heavy atom. The average Bonchev–Trinajstić information content (AvgIpc) is 1.96. The molecule has 0 radical (unpaired) electrons. The van der Waals surface area contributed by atoms with Crippen molar-refractivity contribution in [3.8, 4) is 0 Å². The first kappa shape index (κ1) is 10.6. The number of unbranched alkanes of at least 4 members (excludes halogenated alkanes) is 1. The molecule has 0 atom stereocenters. The first-order valence-corrected chi connectivity index (χ1v) is 4.47. The molecule has 0 bridgehead atoms. The van der Waals surface area contributed by atoms with Gasteiger partial charge in [-0.25, -0.2) is 0 Å². The molecular weight excluding hydrogens is 138 g/mol. The molecule has 0 amide bonds. The molecule has 2 heteroatoms. The van der Waals surface area contributed by atoms with Gasteiger partial charge in [0.1, 0.15) is 5.78 Å². The monoisotopic (exact) mass is 157 g/mol.